The Labute approximate surface area is 114 Å². The average molecular weight is 255 g/mol. The molecule has 19 heavy (non-hydrogen) atoms. The second-order valence-corrected chi connectivity index (χ2v) is 5.37. The molecule has 1 N–H and O–H groups in total. The maximum Gasteiger partial charge on any atom is 0.0702 e. The molecule has 1 aromatic heterocycles. The van der Waals surface area contributed by atoms with Gasteiger partial charge in [-0.1, -0.05) is 12.1 Å². The number of nitrogens with one attached hydrogen (secondary N) is 1. The van der Waals surface area contributed by atoms with Crippen LogP contribution in [0.15, 0.2) is 36.5 Å². The molecular formula is C16H21N3. The molecule has 100 valence electrons. The largest absolute Gasteiger partial charge is 0.314 e. The second kappa shape index (κ2) is 5.68. The average Bonchev–Trinajstić information content (AvgIpc) is 2.48. The molecule has 0 bridgehead atoms. The van der Waals surface area contributed by atoms with E-state index in [9.17, 15) is 0 Å². The third-order valence-electron chi connectivity index (χ3n) is 3.97. The van der Waals surface area contributed by atoms with Crippen LogP contribution in [0.1, 0.15) is 12.5 Å². The molecule has 1 atom stereocenters. The lowest BCUT2D eigenvalue weighted by Crippen LogP contribution is -2.48. The number of benzene rings is 1. The fraction of sp³-hybridized carbons (Fsp3) is 0.438. The van der Waals surface area contributed by atoms with Gasteiger partial charge in [-0.3, -0.25) is 9.88 Å². The minimum atomic E-state index is 0.608. The molecule has 1 aliphatic rings. The van der Waals surface area contributed by atoms with Gasteiger partial charge in [-0.2, -0.15) is 0 Å². The summed E-state index contributed by atoms with van der Waals surface area (Å²) >= 11 is 0. The summed E-state index contributed by atoms with van der Waals surface area (Å²) in [6.07, 6.45) is 2.97. The summed E-state index contributed by atoms with van der Waals surface area (Å²) in [6, 6.07) is 11.4. The molecule has 3 nitrogen and oxygen atoms in total. The first-order chi connectivity index (χ1) is 9.33. The summed E-state index contributed by atoms with van der Waals surface area (Å²) in [5, 5.41) is 4.65. The molecule has 0 spiro atoms. The van der Waals surface area contributed by atoms with E-state index in [4.69, 9.17) is 0 Å². The van der Waals surface area contributed by atoms with Crippen LogP contribution < -0.4 is 5.32 Å². The second-order valence-electron chi connectivity index (χ2n) is 5.37. The molecule has 0 saturated carbocycles. The van der Waals surface area contributed by atoms with Gasteiger partial charge in [0.2, 0.25) is 0 Å². The Morgan fingerprint density at radius 2 is 2.11 bits per heavy atom. The van der Waals surface area contributed by atoms with E-state index in [1.54, 1.807) is 0 Å². The van der Waals surface area contributed by atoms with Gasteiger partial charge in [0, 0.05) is 43.8 Å². The number of hydrogen-bond donors (Lipinski definition) is 1. The van der Waals surface area contributed by atoms with Crippen molar-refractivity contribution in [2.45, 2.75) is 19.4 Å². The number of fused-ring (bicyclic) bond motifs is 1. The standard InChI is InChI=1S/C16H21N3/c1-13(19-9-7-17-8-10-19)11-14-4-5-16-15(12-14)3-2-6-18-16/h2-6,12-13,17H,7-11H2,1H3. The fourth-order valence-electron chi connectivity index (χ4n) is 2.85. The Morgan fingerprint density at radius 1 is 1.26 bits per heavy atom. The number of nitrogens with zero attached hydrogens (tertiary/aromatic N) is 2. The van der Waals surface area contributed by atoms with E-state index >= 15 is 0 Å². The van der Waals surface area contributed by atoms with Crippen LogP contribution in [0.2, 0.25) is 0 Å². The van der Waals surface area contributed by atoms with Crippen molar-refractivity contribution in [1.82, 2.24) is 15.2 Å². The first kappa shape index (κ1) is 12.6. The van der Waals surface area contributed by atoms with Crippen molar-refractivity contribution in [3.8, 4) is 0 Å². The SMILES string of the molecule is CC(Cc1ccc2ncccc2c1)N1CCNCC1. The minimum absolute atomic E-state index is 0.608. The Kier molecular flexibility index (Phi) is 3.76. The fourth-order valence-corrected chi connectivity index (χ4v) is 2.85. The number of rotatable bonds is 3. The Bertz CT molecular complexity index is 546. The molecule has 3 heteroatoms. The van der Waals surface area contributed by atoms with Crippen molar-refractivity contribution in [1.29, 1.82) is 0 Å². The number of hydrogen-bond acceptors (Lipinski definition) is 3. The van der Waals surface area contributed by atoms with Crippen LogP contribution in [0.4, 0.5) is 0 Å². The van der Waals surface area contributed by atoms with Crippen LogP contribution in [0.5, 0.6) is 0 Å². The van der Waals surface area contributed by atoms with E-state index in [-0.39, 0.29) is 0 Å². The van der Waals surface area contributed by atoms with Crippen molar-refractivity contribution in [2.24, 2.45) is 0 Å². The van der Waals surface area contributed by atoms with Crippen LogP contribution in [-0.2, 0) is 6.42 Å². The smallest absolute Gasteiger partial charge is 0.0702 e. The van der Waals surface area contributed by atoms with Crippen LogP contribution in [0.25, 0.3) is 10.9 Å². The lowest BCUT2D eigenvalue weighted by molar-refractivity contribution is 0.183. The molecule has 1 aromatic carbocycles. The maximum atomic E-state index is 4.37. The summed E-state index contributed by atoms with van der Waals surface area (Å²) in [6.45, 7) is 6.89. The van der Waals surface area contributed by atoms with Gasteiger partial charge in [0.15, 0.2) is 0 Å². The van der Waals surface area contributed by atoms with E-state index in [1.807, 2.05) is 12.3 Å². The Morgan fingerprint density at radius 3 is 2.95 bits per heavy atom. The monoisotopic (exact) mass is 255 g/mol. The van der Waals surface area contributed by atoms with Gasteiger partial charge < -0.3 is 5.32 Å². The molecule has 1 aliphatic heterocycles. The van der Waals surface area contributed by atoms with Gasteiger partial charge >= 0.3 is 0 Å². The van der Waals surface area contributed by atoms with Crippen molar-refractivity contribution in [2.75, 3.05) is 26.2 Å². The lowest BCUT2D eigenvalue weighted by Gasteiger charge is -2.32. The first-order valence-corrected chi connectivity index (χ1v) is 7.11. The summed E-state index contributed by atoms with van der Waals surface area (Å²) in [5.74, 6) is 0. The van der Waals surface area contributed by atoms with E-state index in [1.165, 1.54) is 10.9 Å². The lowest BCUT2D eigenvalue weighted by atomic mass is 10.0. The zero-order valence-corrected chi connectivity index (χ0v) is 11.5. The maximum absolute atomic E-state index is 4.37. The normalized spacial score (nSPS) is 18.6. The quantitative estimate of drug-likeness (QED) is 0.910. The van der Waals surface area contributed by atoms with Gasteiger partial charge in [-0.15, -0.1) is 0 Å². The molecule has 2 aromatic rings. The van der Waals surface area contributed by atoms with Crippen LogP contribution in [0.3, 0.4) is 0 Å². The molecular weight excluding hydrogens is 234 g/mol. The summed E-state index contributed by atoms with van der Waals surface area (Å²) < 4.78 is 0. The first-order valence-electron chi connectivity index (χ1n) is 7.11. The van der Waals surface area contributed by atoms with E-state index in [2.05, 4.69) is 46.4 Å². The summed E-state index contributed by atoms with van der Waals surface area (Å²) in [4.78, 5) is 6.95. The van der Waals surface area contributed by atoms with Crippen LogP contribution in [-0.4, -0.2) is 42.1 Å². The molecule has 1 fully saturated rings. The van der Waals surface area contributed by atoms with Crippen molar-refractivity contribution in [3.63, 3.8) is 0 Å². The predicted molar refractivity (Wildman–Crippen MR) is 79.4 cm³/mol. The van der Waals surface area contributed by atoms with Crippen molar-refractivity contribution < 1.29 is 0 Å². The highest BCUT2D eigenvalue weighted by atomic mass is 15.2. The predicted octanol–water partition coefficient (Wildman–Crippen LogP) is 2.07. The molecule has 1 unspecified atom stereocenters. The highest BCUT2D eigenvalue weighted by Crippen LogP contribution is 2.16. The van der Waals surface area contributed by atoms with E-state index < -0.39 is 0 Å². The van der Waals surface area contributed by atoms with Gasteiger partial charge in [0.05, 0.1) is 5.52 Å². The van der Waals surface area contributed by atoms with Crippen LogP contribution >= 0.6 is 0 Å². The Balaban J connectivity index is 1.73. The van der Waals surface area contributed by atoms with Gasteiger partial charge in [-0.25, -0.2) is 0 Å². The zero-order valence-electron chi connectivity index (χ0n) is 11.5. The molecule has 3 rings (SSSR count). The molecule has 2 heterocycles. The number of aromatic nitrogens is 1. The summed E-state index contributed by atoms with van der Waals surface area (Å²) in [5.41, 5.74) is 2.49. The zero-order chi connectivity index (χ0) is 13.1. The van der Waals surface area contributed by atoms with E-state index in [0.717, 1.165) is 38.1 Å². The van der Waals surface area contributed by atoms with Gasteiger partial charge in [0.25, 0.3) is 0 Å². The highest BCUT2D eigenvalue weighted by molar-refractivity contribution is 5.78. The third kappa shape index (κ3) is 2.94. The minimum Gasteiger partial charge on any atom is -0.314 e. The van der Waals surface area contributed by atoms with E-state index in [0.29, 0.717) is 6.04 Å². The Hall–Kier alpha value is -1.45. The number of piperazine rings is 1. The molecule has 0 amide bonds. The van der Waals surface area contributed by atoms with Gasteiger partial charge in [-0.05, 0) is 37.1 Å². The summed E-state index contributed by atoms with van der Waals surface area (Å²) in [7, 11) is 0. The van der Waals surface area contributed by atoms with Crippen molar-refractivity contribution in [3.05, 3.63) is 42.1 Å². The van der Waals surface area contributed by atoms with Crippen molar-refractivity contribution >= 4 is 10.9 Å². The molecule has 1 saturated heterocycles. The third-order valence-corrected chi connectivity index (χ3v) is 3.97. The number of pyridine rings is 1. The molecule has 0 radical (unpaired) electrons. The van der Waals surface area contributed by atoms with Crippen LogP contribution in [0, 0.1) is 0 Å². The molecule has 0 aliphatic carbocycles. The highest BCUT2D eigenvalue weighted by Gasteiger charge is 2.16. The van der Waals surface area contributed by atoms with Gasteiger partial charge in [0.1, 0.15) is 0 Å². The topological polar surface area (TPSA) is 28.2 Å².